The Balaban J connectivity index is 2.78. The van der Waals surface area contributed by atoms with Crippen LogP contribution in [-0.2, 0) is 9.84 Å². The summed E-state index contributed by atoms with van der Waals surface area (Å²) in [7, 11) is -3.29. The van der Waals surface area contributed by atoms with Crippen LogP contribution in [0.15, 0.2) is 34.3 Å². The first-order chi connectivity index (χ1) is 9.58. The van der Waals surface area contributed by atoms with E-state index in [1.165, 1.54) is 24.3 Å². The molecule has 0 heterocycles. The highest BCUT2D eigenvalue weighted by atomic mass is 32.2. The van der Waals surface area contributed by atoms with Crippen LogP contribution in [-0.4, -0.2) is 38.2 Å². The van der Waals surface area contributed by atoms with Crippen molar-refractivity contribution in [1.82, 2.24) is 5.32 Å². The summed E-state index contributed by atoms with van der Waals surface area (Å²) >= 11 is 0. The molecule has 21 heavy (non-hydrogen) atoms. The normalized spacial score (nSPS) is 13.0. The quantitative estimate of drug-likeness (QED) is 0.318. The zero-order valence-electron chi connectivity index (χ0n) is 12.1. The van der Waals surface area contributed by atoms with Gasteiger partial charge >= 0.3 is 0 Å². The van der Waals surface area contributed by atoms with Crippen molar-refractivity contribution in [1.29, 1.82) is 0 Å². The molecular formula is C13H19N3O4S. The molecule has 116 valence electrons. The van der Waals surface area contributed by atoms with E-state index in [1.54, 1.807) is 13.8 Å². The molecule has 0 aliphatic carbocycles. The summed E-state index contributed by atoms with van der Waals surface area (Å²) < 4.78 is 22.7. The molecule has 1 aromatic carbocycles. The van der Waals surface area contributed by atoms with Crippen LogP contribution in [0.25, 0.3) is 0 Å². The van der Waals surface area contributed by atoms with Crippen molar-refractivity contribution in [2.45, 2.75) is 18.7 Å². The fraction of sp³-hybridized carbons (Fsp3) is 0.385. The molecule has 1 amide bonds. The van der Waals surface area contributed by atoms with Crippen molar-refractivity contribution in [2.75, 3.05) is 12.8 Å². The maximum absolute atomic E-state index is 12.0. The summed E-state index contributed by atoms with van der Waals surface area (Å²) in [5, 5.41) is 14.2. The van der Waals surface area contributed by atoms with Gasteiger partial charge in [-0.2, -0.15) is 0 Å². The van der Waals surface area contributed by atoms with Crippen molar-refractivity contribution >= 4 is 21.6 Å². The van der Waals surface area contributed by atoms with Gasteiger partial charge in [0.1, 0.15) is 5.84 Å². The molecular weight excluding hydrogens is 294 g/mol. The molecule has 1 aromatic rings. The van der Waals surface area contributed by atoms with Crippen LogP contribution in [0.1, 0.15) is 24.2 Å². The van der Waals surface area contributed by atoms with Gasteiger partial charge in [-0.15, -0.1) is 0 Å². The number of amides is 1. The Morgan fingerprint density at radius 2 is 1.86 bits per heavy atom. The summed E-state index contributed by atoms with van der Waals surface area (Å²) in [4.78, 5) is 12.1. The topological polar surface area (TPSA) is 122 Å². The van der Waals surface area contributed by atoms with Crippen molar-refractivity contribution in [3.05, 3.63) is 29.8 Å². The van der Waals surface area contributed by atoms with Crippen LogP contribution < -0.4 is 11.1 Å². The molecule has 0 aromatic heterocycles. The fourth-order valence-corrected chi connectivity index (χ4v) is 2.11. The Hall–Kier alpha value is -2.09. The van der Waals surface area contributed by atoms with Gasteiger partial charge < -0.3 is 16.3 Å². The van der Waals surface area contributed by atoms with Gasteiger partial charge in [0.05, 0.1) is 4.90 Å². The molecule has 0 unspecified atom stereocenters. The number of hydrogen-bond acceptors (Lipinski definition) is 5. The number of nitrogens with zero attached hydrogens (tertiary/aromatic N) is 1. The molecule has 0 spiro atoms. The number of sulfone groups is 1. The van der Waals surface area contributed by atoms with Gasteiger partial charge in [0.2, 0.25) is 0 Å². The molecule has 0 radical (unpaired) electrons. The molecule has 0 aliphatic heterocycles. The van der Waals surface area contributed by atoms with E-state index < -0.39 is 15.3 Å². The minimum Gasteiger partial charge on any atom is -0.409 e. The van der Waals surface area contributed by atoms with E-state index in [1.807, 2.05) is 0 Å². The Bertz CT molecular complexity index is 648. The van der Waals surface area contributed by atoms with Gasteiger partial charge in [0, 0.05) is 23.8 Å². The van der Waals surface area contributed by atoms with E-state index in [9.17, 15) is 13.2 Å². The summed E-state index contributed by atoms with van der Waals surface area (Å²) in [6, 6.07) is 5.61. The van der Waals surface area contributed by atoms with E-state index in [4.69, 9.17) is 10.9 Å². The third-order valence-electron chi connectivity index (χ3n) is 3.04. The van der Waals surface area contributed by atoms with E-state index in [0.717, 1.165) is 6.26 Å². The molecule has 0 aliphatic rings. The van der Waals surface area contributed by atoms with Crippen molar-refractivity contribution in [3.8, 4) is 0 Å². The minimum absolute atomic E-state index is 0.00947. The fourth-order valence-electron chi connectivity index (χ4n) is 1.48. The molecule has 0 fully saturated rings. The van der Waals surface area contributed by atoms with E-state index in [2.05, 4.69) is 10.5 Å². The monoisotopic (exact) mass is 313 g/mol. The molecule has 8 heteroatoms. The summed E-state index contributed by atoms with van der Waals surface area (Å²) in [6.45, 7) is 3.61. The second kappa shape index (κ2) is 6.13. The second-order valence-corrected chi connectivity index (χ2v) is 7.36. The number of carbonyl (C=O) groups excluding carboxylic acids is 1. The minimum atomic E-state index is -3.29. The van der Waals surface area contributed by atoms with Crippen LogP contribution in [0, 0.1) is 5.41 Å². The Labute approximate surface area is 123 Å². The molecule has 7 nitrogen and oxygen atoms in total. The lowest BCUT2D eigenvalue weighted by Crippen LogP contribution is -2.42. The SMILES string of the molecule is CC(C)(CNC(=O)c1ccc(S(C)(=O)=O)cc1)/C(N)=N/O. The highest BCUT2D eigenvalue weighted by Gasteiger charge is 2.24. The first-order valence-corrected chi connectivity index (χ1v) is 8.03. The lowest BCUT2D eigenvalue weighted by molar-refractivity contribution is 0.0944. The molecule has 0 saturated carbocycles. The van der Waals surface area contributed by atoms with Gasteiger partial charge in [-0.25, -0.2) is 8.42 Å². The van der Waals surface area contributed by atoms with Crippen LogP contribution in [0.5, 0.6) is 0 Å². The predicted octanol–water partition coefficient (Wildman–Crippen LogP) is 0.593. The van der Waals surface area contributed by atoms with Crippen LogP contribution in [0.4, 0.5) is 0 Å². The highest BCUT2D eigenvalue weighted by molar-refractivity contribution is 7.90. The van der Waals surface area contributed by atoms with Crippen molar-refractivity contribution in [3.63, 3.8) is 0 Å². The zero-order valence-corrected chi connectivity index (χ0v) is 12.9. The number of amidine groups is 1. The number of nitrogens with two attached hydrogens (primary N) is 1. The number of rotatable bonds is 5. The number of carbonyl (C=O) groups is 1. The van der Waals surface area contributed by atoms with Crippen LogP contribution >= 0.6 is 0 Å². The summed E-state index contributed by atoms with van der Waals surface area (Å²) in [5.74, 6) is -0.357. The molecule has 1 rings (SSSR count). The van der Waals surface area contributed by atoms with Crippen molar-refractivity contribution < 1.29 is 18.4 Å². The number of nitrogens with one attached hydrogen (secondary N) is 1. The van der Waals surface area contributed by atoms with Gasteiger partial charge in [-0.05, 0) is 24.3 Å². The largest absolute Gasteiger partial charge is 0.409 e. The third-order valence-corrected chi connectivity index (χ3v) is 4.17. The van der Waals surface area contributed by atoms with Gasteiger partial charge in [0.15, 0.2) is 9.84 Å². The second-order valence-electron chi connectivity index (χ2n) is 5.35. The Morgan fingerprint density at radius 1 is 1.33 bits per heavy atom. The van der Waals surface area contributed by atoms with E-state index in [-0.39, 0.29) is 23.2 Å². The number of oxime groups is 1. The average Bonchev–Trinajstić information content (AvgIpc) is 2.43. The predicted molar refractivity (Wildman–Crippen MR) is 79.1 cm³/mol. The Kier molecular flexibility index (Phi) is 4.95. The molecule has 0 atom stereocenters. The number of hydrogen-bond donors (Lipinski definition) is 3. The molecule has 4 N–H and O–H groups in total. The highest BCUT2D eigenvalue weighted by Crippen LogP contribution is 2.14. The van der Waals surface area contributed by atoms with E-state index in [0.29, 0.717) is 5.56 Å². The first kappa shape index (κ1) is 17.0. The van der Waals surface area contributed by atoms with Gasteiger partial charge in [0.25, 0.3) is 5.91 Å². The smallest absolute Gasteiger partial charge is 0.251 e. The summed E-state index contributed by atoms with van der Waals surface area (Å²) in [5.41, 5.74) is 5.16. The lowest BCUT2D eigenvalue weighted by Gasteiger charge is -2.23. The number of benzene rings is 1. The third kappa shape index (κ3) is 4.45. The summed E-state index contributed by atoms with van der Waals surface area (Å²) in [6.07, 6.45) is 1.10. The lowest BCUT2D eigenvalue weighted by atomic mass is 9.92. The van der Waals surface area contributed by atoms with Gasteiger partial charge in [-0.3, -0.25) is 4.79 Å². The molecule has 0 saturated heterocycles. The average molecular weight is 313 g/mol. The van der Waals surface area contributed by atoms with Crippen LogP contribution in [0.2, 0.25) is 0 Å². The first-order valence-electron chi connectivity index (χ1n) is 6.14. The molecule has 0 bridgehead atoms. The van der Waals surface area contributed by atoms with Gasteiger partial charge in [-0.1, -0.05) is 19.0 Å². The maximum Gasteiger partial charge on any atom is 0.251 e. The van der Waals surface area contributed by atoms with E-state index >= 15 is 0 Å². The van der Waals surface area contributed by atoms with Crippen LogP contribution in [0.3, 0.4) is 0 Å². The van der Waals surface area contributed by atoms with Crippen molar-refractivity contribution in [2.24, 2.45) is 16.3 Å². The standard InChI is InChI=1S/C13H19N3O4S/c1-13(2,12(14)16-18)8-15-11(17)9-4-6-10(7-5-9)21(3,19)20/h4-7,18H,8H2,1-3H3,(H2,14,16)(H,15,17). The zero-order chi connectivity index (χ0) is 16.3. The maximum atomic E-state index is 12.0. The Morgan fingerprint density at radius 3 is 2.29 bits per heavy atom.